The highest BCUT2D eigenvalue weighted by Gasteiger charge is 2.17. The molecule has 0 saturated carbocycles. The first-order valence-corrected chi connectivity index (χ1v) is 5.54. The minimum Gasteiger partial charge on any atom is -0.406 e. The van der Waals surface area contributed by atoms with Crippen LogP contribution in [0.25, 0.3) is 10.2 Å². The van der Waals surface area contributed by atoms with Gasteiger partial charge in [-0.05, 0) is 19.2 Å². The number of para-hydroxylation sites is 1. The third-order valence-corrected chi connectivity index (χ3v) is 3.32. The summed E-state index contributed by atoms with van der Waals surface area (Å²) in [5.74, 6) is 0. The van der Waals surface area contributed by atoms with Gasteiger partial charge in [0.2, 0.25) is 0 Å². The topological polar surface area (TPSA) is 19.4 Å². The zero-order valence-corrected chi connectivity index (χ0v) is 9.11. The fourth-order valence-electron chi connectivity index (χ4n) is 1.53. The first-order chi connectivity index (χ1) is 7.33. The molecule has 0 unspecified atom stereocenters. The number of fused-ring (bicyclic) bond motifs is 1. The fraction of sp³-hybridized carbons (Fsp3) is 0.100. The lowest BCUT2D eigenvalue weighted by molar-refractivity contribution is 0.746. The highest BCUT2D eigenvalue weighted by Crippen LogP contribution is 2.29. The number of rotatable bonds is 1. The Balaban J connectivity index is 2.02. The van der Waals surface area contributed by atoms with E-state index < -0.39 is 0 Å². The Hall–Kier alpha value is -1.49. The van der Waals surface area contributed by atoms with Crippen molar-refractivity contribution in [1.82, 2.24) is 9.79 Å². The van der Waals surface area contributed by atoms with Crippen LogP contribution in [0.15, 0.2) is 36.7 Å². The van der Waals surface area contributed by atoms with Crippen LogP contribution < -0.4 is 4.81 Å². The van der Waals surface area contributed by atoms with Crippen molar-refractivity contribution in [3.8, 4) is 0 Å². The van der Waals surface area contributed by atoms with Crippen molar-refractivity contribution in [2.45, 2.75) is 0 Å². The Morgan fingerprint density at radius 3 is 2.87 bits per heavy atom. The van der Waals surface area contributed by atoms with Gasteiger partial charge in [0.25, 0.3) is 0 Å². The van der Waals surface area contributed by atoms with E-state index in [4.69, 9.17) is 0 Å². The summed E-state index contributed by atoms with van der Waals surface area (Å²) in [7, 11) is 4.02. The molecule has 0 atom stereocenters. The van der Waals surface area contributed by atoms with Crippen molar-refractivity contribution < 1.29 is 0 Å². The van der Waals surface area contributed by atoms with E-state index >= 15 is 0 Å². The molecule has 5 heteroatoms. The summed E-state index contributed by atoms with van der Waals surface area (Å²) < 4.78 is 1.23. The third-order valence-electron chi connectivity index (χ3n) is 2.27. The molecule has 1 aromatic carbocycles. The van der Waals surface area contributed by atoms with Crippen molar-refractivity contribution >= 4 is 34.2 Å². The van der Waals surface area contributed by atoms with Crippen molar-refractivity contribution in [3.05, 3.63) is 36.7 Å². The van der Waals surface area contributed by atoms with Gasteiger partial charge in [0.1, 0.15) is 0 Å². The summed E-state index contributed by atoms with van der Waals surface area (Å²) in [5, 5.41) is 1.01. The van der Waals surface area contributed by atoms with Crippen LogP contribution in [0.2, 0.25) is 0 Å². The molecule has 1 radical (unpaired) electrons. The Bertz CT molecular complexity index is 489. The molecule has 0 amide bonds. The van der Waals surface area contributed by atoms with Crippen LogP contribution in [0.5, 0.6) is 0 Å². The third kappa shape index (κ3) is 1.49. The summed E-state index contributed by atoms with van der Waals surface area (Å²) in [6.07, 6.45) is 4.02. The van der Waals surface area contributed by atoms with Crippen LogP contribution in [-0.4, -0.2) is 24.4 Å². The van der Waals surface area contributed by atoms with Gasteiger partial charge < -0.3 is 9.62 Å². The van der Waals surface area contributed by atoms with E-state index in [2.05, 4.69) is 11.1 Å². The number of benzene rings is 1. The zero-order chi connectivity index (χ0) is 10.3. The molecular formula is C10H9BN3S. The number of thiazole rings is 1. The van der Waals surface area contributed by atoms with E-state index in [1.165, 1.54) is 4.70 Å². The number of anilines is 1. The van der Waals surface area contributed by atoms with E-state index in [-0.39, 0.29) is 0 Å². The Kier molecular flexibility index (Phi) is 1.92. The molecule has 2 heterocycles. The number of nitrogens with zero attached hydrogens (tertiary/aromatic N) is 3. The van der Waals surface area contributed by atoms with Crippen molar-refractivity contribution in [1.29, 1.82) is 0 Å². The molecule has 1 aliphatic rings. The van der Waals surface area contributed by atoms with Crippen LogP contribution in [0, 0.1) is 0 Å². The second-order valence-electron chi connectivity index (χ2n) is 3.45. The van der Waals surface area contributed by atoms with Gasteiger partial charge >= 0.3 is 7.55 Å². The molecule has 2 aromatic rings. The molecule has 1 aliphatic heterocycles. The first kappa shape index (κ1) is 8.79. The van der Waals surface area contributed by atoms with Crippen LogP contribution in [0.1, 0.15) is 0 Å². The average molecular weight is 214 g/mol. The number of hydrogen-bond acceptors (Lipinski definition) is 4. The monoisotopic (exact) mass is 214 g/mol. The summed E-state index contributed by atoms with van der Waals surface area (Å²) in [6, 6.07) is 8.19. The highest BCUT2D eigenvalue weighted by molar-refractivity contribution is 7.22. The predicted octanol–water partition coefficient (Wildman–Crippen LogP) is 2.05. The van der Waals surface area contributed by atoms with Crippen molar-refractivity contribution in [2.75, 3.05) is 11.9 Å². The summed E-state index contributed by atoms with van der Waals surface area (Å²) in [4.78, 5) is 8.60. The minimum absolute atomic E-state index is 1.01. The molecular weight excluding hydrogens is 205 g/mol. The molecule has 0 bridgehead atoms. The zero-order valence-electron chi connectivity index (χ0n) is 8.29. The Morgan fingerprint density at radius 1 is 1.27 bits per heavy atom. The van der Waals surface area contributed by atoms with Gasteiger partial charge in [0, 0.05) is 12.4 Å². The molecule has 1 aromatic heterocycles. The predicted molar refractivity (Wildman–Crippen MR) is 64.8 cm³/mol. The molecule has 3 rings (SSSR count). The second-order valence-corrected chi connectivity index (χ2v) is 4.46. The maximum Gasteiger partial charge on any atom is 0.397 e. The van der Waals surface area contributed by atoms with Gasteiger partial charge in [-0.25, -0.2) is 4.98 Å². The smallest absolute Gasteiger partial charge is 0.397 e. The number of hydrogen-bond donors (Lipinski definition) is 0. The van der Waals surface area contributed by atoms with E-state index in [0.29, 0.717) is 0 Å². The molecule has 0 fully saturated rings. The molecule has 0 N–H and O–H groups in total. The molecule has 0 spiro atoms. The first-order valence-electron chi connectivity index (χ1n) is 4.72. The normalized spacial score (nSPS) is 15.0. The maximum atomic E-state index is 4.56. The van der Waals surface area contributed by atoms with Crippen molar-refractivity contribution in [3.63, 3.8) is 0 Å². The van der Waals surface area contributed by atoms with Crippen molar-refractivity contribution in [2.24, 2.45) is 0 Å². The SMILES string of the molecule is CN1[B]N(c2nc3ccccc3s2)C=C1. The molecule has 73 valence electrons. The standard InChI is InChI=1S/C10H9BN3S/c1-13-6-7-14(11-13)10-12-8-4-2-3-5-9(8)15-10/h2-7H,1H3. The Morgan fingerprint density at radius 2 is 2.13 bits per heavy atom. The summed E-state index contributed by atoms with van der Waals surface area (Å²) in [6.45, 7) is 0. The van der Waals surface area contributed by atoms with Gasteiger partial charge in [-0.15, -0.1) is 0 Å². The fourth-order valence-corrected chi connectivity index (χ4v) is 2.45. The van der Waals surface area contributed by atoms with Gasteiger partial charge in [0.05, 0.1) is 10.2 Å². The lowest BCUT2D eigenvalue weighted by Crippen LogP contribution is -2.26. The van der Waals surface area contributed by atoms with Gasteiger partial charge in [-0.1, -0.05) is 23.5 Å². The van der Waals surface area contributed by atoms with Crippen LogP contribution in [-0.2, 0) is 0 Å². The second kappa shape index (κ2) is 3.27. The van der Waals surface area contributed by atoms with Crippen LogP contribution in [0.4, 0.5) is 5.13 Å². The lowest BCUT2D eigenvalue weighted by atomic mass is 10.1. The van der Waals surface area contributed by atoms with E-state index in [0.717, 1.165) is 10.6 Å². The van der Waals surface area contributed by atoms with Crippen LogP contribution >= 0.6 is 11.3 Å². The Labute approximate surface area is 92.9 Å². The van der Waals surface area contributed by atoms with Gasteiger partial charge in [-0.2, -0.15) is 0 Å². The maximum absolute atomic E-state index is 4.56. The largest absolute Gasteiger partial charge is 0.406 e. The van der Waals surface area contributed by atoms with E-state index in [1.807, 2.05) is 54.8 Å². The summed E-state index contributed by atoms with van der Waals surface area (Å²) in [5.41, 5.74) is 1.06. The molecule has 3 nitrogen and oxygen atoms in total. The van der Waals surface area contributed by atoms with E-state index in [1.54, 1.807) is 11.3 Å². The quantitative estimate of drug-likeness (QED) is 0.677. The van der Waals surface area contributed by atoms with Gasteiger partial charge in [-0.3, -0.25) is 0 Å². The van der Waals surface area contributed by atoms with Crippen LogP contribution in [0.3, 0.4) is 0 Å². The average Bonchev–Trinajstić information content (AvgIpc) is 2.82. The van der Waals surface area contributed by atoms with E-state index in [9.17, 15) is 0 Å². The highest BCUT2D eigenvalue weighted by atomic mass is 32.1. The lowest BCUT2D eigenvalue weighted by Gasteiger charge is -2.11. The molecule has 15 heavy (non-hydrogen) atoms. The molecule has 0 saturated heterocycles. The molecule has 0 aliphatic carbocycles. The summed E-state index contributed by atoms with van der Waals surface area (Å²) >= 11 is 1.70. The minimum atomic E-state index is 1.01. The number of aromatic nitrogens is 1. The van der Waals surface area contributed by atoms with Gasteiger partial charge in [0.15, 0.2) is 5.13 Å².